The minimum absolute atomic E-state index is 0.0117. The summed E-state index contributed by atoms with van der Waals surface area (Å²) in [6.07, 6.45) is 1.47. The molecule has 1 N–H and O–H groups in total. The number of benzene rings is 2. The fourth-order valence-corrected chi connectivity index (χ4v) is 3.90. The molecule has 0 fully saturated rings. The van der Waals surface area contributed by atoms with Gasteiger partial charge in [-0.05, 0) is 54.6 Å². The van der Waals surface area contributed by atoms with Crippen LogP contribution in [0.5, 0.6) is 5.75 Å². The Morgan fingerprint density at radius 1 is 1.07 bits per heavy atom. The number of ether oxygens (including phenoxy) is 1. The van der Waals surface area contributed by atoms with Crippen molar-refractivity contribution in [3.8, 4) is 28.7 Å². The predicted octanol–water partition coefficient (Wildman–Crippen LogP) is 4.14. The van der Waals surface area contributed by atoms with E-state index >= 15 is 0 Å². The molecule has 0 bridgehead atoms. The Hall–Kier alpha value is -3.14. The molecule has 30 heavy (non-hydrogen) atoms. The van der Waals surface area contributed by atoms with Crippen LogP contribution in [0.2, 0.25) is 5.02 Å². The Kier molecular flexibility index (Phi) is 5.58. The molecule has 0 unspecified atom stereocenters. The topological polar surface area (TPSA) is 107 Å². The van der Waals surface area contributed by atoms with E-state index in [1.54, 1.807) is 43.5 Å². The quantitative estimate of drug-likeness (QED) is 0.455. The van der Waals surface area contributed by atoms with Crippen molar-refractivity contribution < 1.29 is 22.0 Å². The lowest BCUT2D eigenvalue weighted by Gasteiger charge is -2.07. The van der Waals surface area contributed by atoms with Crippen LogP contribution < -0.4 is 9.46 Å². The fraction of sp³-hybridized carbons (Fsp3) is 0.100. The van der Waals surface area contributed by atoms with Gasteiger partial charge in [0.2, 0.25) is 21.8 Å². The molecule has 10 heteroatoms. The van der Waals surface area contributed by atoms with Gasteiger partial charge in [-0.3, -0.25) is 0 Å². The molecule has 4 aromatic rings. The molecule has 0 radical (unpaired) electrons. The lowest BCUT2D eigenvalue weighted by atomic mass is 10.2. The Morgan fingerprint density at radius 3 is 2.53 bits per heavy atom. The highest BCUT2D eigenvalue weighted by Crippen LogP contribution is 2.31. The van der Waals surface area contributed by atoms with Gasteiger partial charge in [-0.25, -0.2) is 13.1 Å². The molecule has 0 spiro atoms. The van der Waals surface area contributed by atoms with Crippen molar-refractivity contribution in [3.05, 3.63) is 71.6 Å². The van der Waals surface area contributed by atoms with Gasteiger partial charge >= 0.3 is 0 Å². The van der Waals surface area contributed by atoms with E-state index in [0.717, 1.165) is 0 Å². The zero-order valence-corrected chi connectivity index (χ0v) is 17.3. The van der Waals surface area contributed by atoms with Crippen LogP contribution in [0.25, 0.3) is 22.9 Å². The number of halogens is 1. The minimum Gasteiger partial charge on any atom is -0.497 e. The second kappa shape index (κ2) is 8.31. The average Bonchev–Trinajstić information content (AvgIpc) is 3.45. The summed E-state index contributed by atoms with van der Waals surface area (Å²) in [6.45, 7) is 0.0233. The second-order valence-electron chi connectivity index (χ2n) is 6.19. The van der Waals surface area contributed by atoms with E-state index < -0.39 is 10.0 Å². The van der Waals surface area contributed by atoms with Gasteiger partial charge in [0.1, 0.15) is 11.5 Å². The lowest BCUT2D eigenvalue weighted by molar-refractivity contribution is 0.415. The number of hydrogen-bond acceptors (Lipinski definition) is 7. The summed E-state index contributed by atoms with van der Waals surface area (Å²) in [5.41, 5.74) is 0.999. The first-order valence-corrected chi connectivity index (χ1v) is 10.6. The zero-order valence-electron chi connectivity index (χ0n) is 15.7. The van der Waals surface area contributed by atoms with Crippen molar-refractivity contribution in [3.63, 3.8) is 0 Å². The molecule has 4 rings (SSSR count). The van der Waals surface area contributed by atoms with Crippen molar-refractivity contribution in [1.82, 2.24) is 14.9 Å². The molecular formula is C20H16ClN3O5S. The number of nitrogens with one attached hydrogen (secondary N) is 1. The SMILES string of the molecule is COc1ccc(-c2nnc(-c3cc(S(=O)(=O)NCc4ccco4)ccc3Cl)o2)cc1. The van der Waals surface area contributed by atoms with Crippen LogP contribution in [0, 0.1) is 0 Å². The molecule has 0 atom stereocenters. The summed E-state index contributed by atoms with van der Waals surface area (Å²) < 4.78 is 43.7. The normalized spacial score (nSPS) is 11.5. The van der Waals surface area contributed by atoms with Gasteiger partial charge in [0.05, 0.1) is 35.4 Å². The number of nitrogens with zero attached hydrogens (tertiary/aromatic N) is 2. The van der Waals surface area contributed by atoms with Crippen LogP contribution in [0.3, 0.4) is 0 Å². The number of aromatic nitrogens is 2. The minimum atomic E-state index is -3.81. The van der Waals surface area contributed by atoms with E-state index in [1.807, 2.05) is 0 Å². The molecule has 0 aliphatic carbocycles. The molecule has 0 aliphatic rings. The molecule has 0 saturated heterocycles. The number of hydrogen-bond donors (Lipinski definition) is 1. The van der Waals surface area contributed by atoms with Crippen LogP contribution in [0.4, 0.5) is 0 Å². The fourth-order valence-electron chi connectivity index (χ4n) is 2.68. The average molecular weight is 446 g/mol. The maximum absolute atomic E-state index is 12.6. The summed E-state index contributed by atoms with van der Waals surface area (Å²) in [6, 6.07) is 14.7. The third-order valence-corrected chi connectivity index (χ3v) is 5.99. The van der Waals surface area contributed by atoms with Crippen molar-refractivity contribution in [2.75, 3.05) is 7.11 Å². The summed E-state index contributed by atoms with van der Waals surface area (Å²) in [7, 11) is -2.23. The summed E-state index contributed by atoms with van der Waals surface area (Å²) in [4.78, 5) is 0.0117. The van der Waals surface area contributed by atoms with E-state index in [-0.39, 0.29) is 28.2 Å². The Bertz CT molecular complexity index is 1250. The molecule has 2 heterocycles. The molecule has 2 aromatic carbocycles. The van der Waals surface area contributed by atoms with Gasteiger partial charge in [-0.2, -0.15) is 0 Å². The highest BCUT2D eigenvalue weighted by atomic mass is 35.5. The number of sulfonamides is 1. The molecule has 0 aliphatic heterocycles. The maximum Gasteiger partial charge on any atom is 0.249 e. The Balaban J connectivity index is 1.61. The molecule has 8 nitrogen and oxygen atoms in total. The predicted molar refractivity (Wildman–Crippen MR) is 109 cm³/mol. The van der Waals surface area contributed by atoms with E-state index in [1.165, 1.54) is 24.5 Å². The van der Waals surface area contributed by atoms with Crippen molar-refractivity contribution in [2.24, 2.45) is 0 Å². The second-order valence-corrected chi connectivity index (χ2v) is 8.36. The van der Waals surface area contributed by atoms with Gasteiger partial charge in [0.25, 0.3) is 0 Å². The summed E-state index contributed by atoms with van der Waals surface area (Å²) in [5, 5.41) is 8.32. The van der Waals surface area contributed by atoms with Crippen LogP contribution in [-0.4, -0.2) is 25.7 Å². The van der Waals surface area contributed by atoms with Crippen LogP contribution in [0.15, 0.2) is 74.6 Å². The number of methoxy groups -OCH3 is 1. The van der Waals surface area contributed by atoms with Gasteiger partial charge < -0.3 is 13.6 Å². The van der Waals surface area contributed by atoms with Gasteiger partial charge in [0.15, 0.2) is 0 Å². The number of furan rings is 1. The van der Waals surface area contributed by atoms with E-state index in [0.29, 0.717) is 22.6 Å². The molecule has 0 saturated carbocycles. The zero-order chi connectivity index (χ0) is 21.1. The highest BCUT2D eigenvalue weighted by molar-refractivity contribution is 7.89. The van der Waals surface area contributed by atoms with Crippen molar-refractivity contribution >= 4 is 21.6 Å². The monoisotopic (exact) mass is 445 g/mol. The standard InChI is InChI=1S/C20H16ClN3O5S/c1-27-14-6-4-13(5-7-14)19-23-24-20(29-19)17-11-16(8-9-18(17)21)30(25,26)22-12-15-3-2-10-28-15/h2-11,22H,12H2,1H3. The van der Waals surface area contributed by atoms with E-state index in [9.17, 15) is 8.42 Å². The largest absolute Gasteiger partial charge is 0.497 e. The molecular weight excluding hydrogens is 430 g/mol. The smallest absolute Gasteiger partial charge is 0.249 e. The Labute approximate surface area is 177 Å². The molecule has 154 valence electrons. The maximum atomic E-state index is 12.6. The Morgan fingerprint density at radius 2 is 1.83 bits per heavy atom. The van der Waals surface area contributed by atoms with Crippen molar-refractivity contribution in [1.29, 1.82) is 0 Å². The van der Waals surface area contributed by atoms with E-state index in [2.05, 4.69) is 14.9 Å². The first-order chi connectivity index (χ1) is 14.5. The van der Waals surface area contributed by atoms with Gasteiger partial charge in [0, 0.05) is 5.56 Å². The first kappa shape index (κ1) is 20.1. The van der Waals surface area contributed by atoms with Crippen molar-refractivity contribution in [2.45, 2.75) is 11.4 Å². The van der Waals surface area contributed by atoms with Crippen LogP contribution >= 0.6 is 11.6 Å². The van der Waals surface area contributed by atoms with Gasteiger partial charge in [-0.15, -0.1) is 10.2 Å². The van der Waals surface area contributed by atoms with E-state index in [4.69, 9.17) is 25.2 Å². The number of rotatable bonds is 7. The summed E-state index contributed by atoms with van der Waals surface area (Å²) in [5.74, 6) is 1.57. The lowest BCUT2D eigenvalue weighted by Crippen LogP contribution is -2.23. The van der Waals surface area contributed by atoms with Crippen LogP contribution in [0.1, 0.15) is 5.76 Å². The van der Waals surface area contributed by atoms with Crippen LogP contribution in [-0.2, 0) is 16.6 Å². The first-order valence-electron chi connectivity index (χ1n) is 8.76. The third-order valence-electron chi connectivity index (χ3n) is 4.26. The summed E-state index contributed by atoms with van der Waals surface area (Å²) >= 11 is 6.26. The third kappa shape index (κ3) is 4.23. The highest BCUT2D eigenvalue weighted by Gasteiger charge is 2.20. The molecule has 0 amide bonds. The van der Waals surface area contributed by atoms with Gasteiger partial charge in [-0.1, -0.05) is 11.6 Å². The molecule has 2 aromatic heterocycles.